The fraction of sp³-hybridized carbons (Fsp3) is 0.0714. The highest BCUT2D eigenvalue weighted by Gasteiger charge is 2.14. The first-order chi connectivity index (χ1) is 10.1. The zero-order valence-electron chi connectivity index (χ0n) is 10.9. The summed E-state index contributed by atoms with van der Waals surface area (Å²) in [5, 5.41) is 4.52. The van der Waals surface area contributed by atoms with Gasteiger partial charge in [0.15, 0.2) is 0 Å². The molecule has 0 radical (unpaired) electrons. The van der Waals surface area contributed by atoms with Crippen LogP contribution in [0.25, 0.3) is 23.0 Å². The van der Waals surface area contributed by atoms with Crippen LogP contribution in [0.3, 0.4) is 0 Å². The number of nitrogens with two attached hydrogens (primary N) is 1. The van der Waals surface area contributed by atoms with Gasteiger partial charge >= 0.3 is 0 Å². The molecule has 7 heteroatoms. The number of nitrogens with zero attached hydrogens (tertiary/aromatic N) is 3. The lowest BCUT2D eigenvalue weighted by molar-refractivity contribution is -0.118. The molecule has 106 valence electrons. The van der Waals surface area contributed by atoms with Gasteiger partial charge in [-0.25, -0.2) is 0 Å². The SMILES string of the molecule is NC(=O)Cn1cccc1-c1nc(-c2cccc(Cl)c2)no1. The molecule has 21 heavy (non-hydrogen) atoms. The number of carbonyl (C=O) groups is 1. The summed E-state index contributed by atoms with van der Waals surface area (Å²) in [6.07, 6.45) is 1.73. The Labute approximate surface area is 125 Å². The van der Waals surface area contributed by atoms with Gasteiger partial charge in [0.05, 0.1) is 0 Å². The van der Waals surface area contributed by atoms with E-state index in [1.807, 2.05) is 12.1 Å². The molecule has 0 saturated carbocycles. The van der Waals surface area contributed by atoms with E-state index in [2.05, 4.69) is 10.1 Å². The molecule has 0 fully saturated rings. The van der Waals surface area contributed by atoms with Crippen molar-refractivity contribution in [1.29, 1.82) is 0 Å². The summed E-state index contributed by atoms with van der Waals surface area (Å²) in [6, 6.07) is 10.7. The molecule has 0 aliphatic carbocycles. The number of halogens is 1. The molecule has 2 heterocycles. The highest BCUT2D eigenvalue weighted by Crippen LogP contribution is 2.24. The summed E-state index contributed by atoms with van der Waals surface area (Å²) in [6.45, 7) is 0.0528. The first kappa shape index (κ1) is 13.4. The molecule has 2 N–H and O–H groups in total. The second-order valence-corrected chi connectivity index (χ2v) is 4.86. The molecule has 0 aliphatic heterocycles. The van der Waals surface area contributed by atoms with Crippen molar-refractivity contribution in [2.75, 3.05) is 0 Å². The Morgan fingerprint density at radius 1 is 1.33 bits per heavy atom. The average Bonchev–Trinajstić information content (AvgIpc) is 3.06. The number of carbonyl (C=O) groups excluding carboxylic acids is 1. The molecule has 1 aromatic carbocycles. The second-order valence-electron chi connectivity index (χ2n) is 4.42. The van der Waals surface area contributed by atoms with Crippen LogP contribution in [0.4, 0.5) is 0 Å². The smallest absolute Gasteiger partial charge is 0.274 e. The first-order valence-corrected chi connectivity index (χ1v) is 6.55. The zero-order chi connectivity index (χ0) is 14.8. The van der Waals surface area contributed by atoms with Crippen molar-refractivity contribution in [3.63, 3.8) is 0 Å². The lowest BCUT2D eigenvalue weighted by Crippen LogP contribution is -2.18. The fourth-order valence-electron chi connectivity index (χ4n) is 1.99. The maximum atomic E-state index is 11.0. The summed E-state index contributed by atoms with van der Waals surface area (Å²) in [4.78, 5) is 15.4. The maximum absolute atomic E-state index is 11.0. The Morgan fingerprint density at radius 2 is 2.19 bits per heavy atom. The molecule has 2 aromatic heterocycles. The van der Waals surface area contributed by atoms with E-state index in [-0.39, 0.29) is 6.54 Å². The predicted octanol–water partition coefficient (Wildman–Crippen LogP) is 2.34. The van der Waals surface area contributed by atoms with Crippen molar-refractivity contribution >= 4 is 17.5 Å². The van der Waals surface area contributed by atoms with Gasteiger partial charge in [0, 0.05) is 16.8 Å². The van der Waals surface area contributed by atoms with Gasteiger partial charge in [-0.15, -0.1) is 0 Å². The summed E-state index contributed by atoms with van der Waals surface area (Å²) in [7, 11) is 0. The molecule has 0 spiro atoms. The van der Waals surface area contributed by atoms with Gasteiger partial charge < -0.3 is 14.8 Å². The maximum Gasteiger partial charge on any atom is 0.274 e. The van der Waals surface area contributed by atoms with Gasteiger partial charge in [-0.05, 0) is 24.3 Å². The summed E-state index contributed by atoms with van der Waals surface area (Å²) in [5.41, 5.74) is 6.59. The van der Waals surface area contributed by atoms with E-state index in [0.717, 1.165) is 5.56 Å². The molecule has 3 aromatic rings. The van der Waals surface area contributed by atoms with Gasteiger partial charge in [0.2, 0.25) is 11.7 Å². The van der Waals surface area contributed by atoms with Crippen molar-refractivity contribution < 1.29 is 9.32 Å². The topological polar surface area (TPSA) is 86.9 Å². The molecule has 1 amide bonds. The molecular weight excluding hydrogens is 292 g/mol. The Balaban J connectivity index is 1.95. The fourth-order valence-corrected chi connectivity index (χ4v) is 2.18. The minimum atomic E-state index is -0.443. The normalized spacial score (nSPS) is 10.7. The zero-order valence-corrected chi connectivity index (χ0v) is 11.6. The average molecular weight is 303 g/mol. The van der Waals surface area contributed by atoms with E-state index in [9.17, 15) is 4.79 Å². The molecule has 0 bridgehead atoms. The van der Waals surface area contributed by atoms with E-state index in [1.54, 1.807) is 35.0 Å². The van der Waals surface area contributed by atoms with Crippen molar-refractivity contribution in [3.05, 3.63) is 47.6 Å². The van der Waals surface area contributed by atoms with Crippen molar-refractivity contribution in [2.45, 2.75) is 6.54 Å². The Hall–Kier alpha value is -2.60. The van der Waals surface area contributed by atoms with E-state index in [1.165, 1.54) is 0 Å². The van der Waals surface area contributed by atoms with Gasteiger partial charge in [0.1, 0.15) is 12.2 Å². The Morgan fingerprint density at radius 3 is 2.95 bits per heavy atom. The molecule has 0 aliphatic rings. The van der Waals surface area contributed by atoms with Crippen LogP contribution in [-0.4, -0.2) is 20.6 Å². The van der Waals surface area contributed by atoms with Crippen molar-refractivity contribution in [3.8, 4) is 23.0 Å². The van der Waals surface area contributed by atoms with Crippen molar-refractivity contribution in [1.82, 2.24) is 14.7 Å². The van der Waals surface area contributed by atoms with Crippen molar-refractivity contribution in [2.24, 2.45) is 5.73 Å². The van der Waals surface area contributed by atoms with Crippen LogP contribution in [0.15, 0.2) is 47.1 Å². The molecule has 0 unspecified atom stereocenters. The number of rotatable bonds is 4. The monoisotopic (exact) mass is 302 g/mol. The van der Waals surface area contributed by atoms with Crippen LogP contribution in [-0.2, 0) is 11.3 Å². The largest absolute Gasteiger partial charge is 0.368 e. The number of amides is 1. The highest BCUT2D eigenvalue weighted by atomic mass is 35.5. The van der Waals surface area contributed by atoms with E-state index in [4.69, 9.17) is 21.9 Å². The van der Waals surface area contributed by atoms with E-state index in [0.29, 0.717) is 22.4 Å². The van der Waals surface area contributed by atoms with Crippen LogP contribution >= 0.6 is 11.6 Å². The van der Waals surface area contributed by atoms with Gasteiger partial charge in [-0.2, -0.15) is 4.98 Å². The van der Waals surface area contributed by atoms with E-state index >= 15 is 0 Å². The molecule has 3 rings (SSSR count). The number of hydrogen-bond donors (Lipinski definition) is 1. The van der Waals surface area contributed by atoms with E-state index < -0.39 is 5.91 Å². The van der Waals surface area contributed by atoms with Crippen LogP contribution in [0.1, 0.15) is 0 Å². The number of aromatic nitrogens is 3. The summed E-state index contributed by atoms with van der Waals surface area (Å²) in [5.74, 6) is 0.303. The number of hydrogen-bond acceptors (Lipinski definition) is 4. The molecule has 0 saturated heterocycles. The van der Waals surface area contributed by atoms with Crippen LogP contribution in [0, 0.1) is 0 Å². The highest BCUT2D eigenvalue weighted by molar-refractivity contribution is 6.30. The molecule has 0 atom stereocenters. The molecular formula is C14H11ClN4O2. The third-order valence-electron chi connectivity index (χ3n) is 2.88. The summed E-state index contributed by atoms with van der Waals surface area (Å²) < 4.78 is 6.90. The van der Waals surface area contributed by atoms with Crippen LogP contribution in [0.5, 0.6) is 0 Å². The Kier molecular flexibility index (Phi) is 3.45. The minimum Gasteiger partial charge on any atom is -0.368 e. The lowest BCUT2D eigenvalue weighted by atomic mass is 10.2. The Bertz CT molecular complexity index is 794. The second kappa shape index (κ2) is 5.41. The molecule has 6 nitrogen and oxygen atoms in total. The predicted molar refractivity (Wildman–Crippen MR) is 77.4 cm³/mol. The minimum absolute atomic E-state index is 0.0528. The summed E-state index contributed by atoms with van der Waals surface area (Å²) >= 11 is 5.94. The van der Waals surface area contributed by atoms with Gasteiger partial charge in [-0.3, -0.25) is 4.79 Å². The standard InChI is InChI=1S/C14H11ClN4O2/c15-10-4-1-3-9(7-10)13-17-14(21-18-13)11-5-2-6-19(11)8-12(16)20/h1-7H,8H2,(H2,16,20). The lowest BCUT2D eigenvalue weighted by Gasteiger charge is -2.02. The van der Waals surface area contributed by atoms with Gasteiger partial charge in [-0.1, -0.05) is 28.9 Å². The third kappa shape index (κ3) is 2.80. The first-order valence-electron chi connectivity index (χ1n) is 6.17. The number of benzene rings is 1. The third-order valence-corrected chi connectivity index (χ3v) is 3.12. The number of primary amides is 1. The van der Waals surface area contributed by atoms with Crippen LogP contribution in [0.2, 0.25) is 5.02 Å². The van der Waals surface area contributed by atoms with Crippen LogP contribution < -0.4 is 5.73 Å². The quantitative estimate of drug-likeness (QED) is 0.801. The van der Waals surface area contributed by atoms with Gasteiger partial charge in [0.25, 0.3) is 5.89 Å².